The standard InChI is InChI=1S/C11H11F2N3O/c1-16-11(14)6(5-15-16)9-7(12)3-4-8(13)10(9)17-2/h3-5H,14H2,1-2H3. The largest absolute Gasteiger partial charge is 0.493 e. The zero-order chi connectivity index (χ0) is 12.6. The van der Waals surface area contributed by atoms with Gasteiger partial charge in [-0.3, -0.25) is 4.68 Å². The second-order valence-corrected chi connectivity index (χ2v) is 3.50. The van der Waals surface area contributed by atoms with Crippen molar-refractivity contribution < 1.29 is 13.5 Å². The van der Waals surface area contributed by atoms with Crippen molar-refractivity contribution in [2.45, 2.75) is 0 Å². The lowest BCUT2D eigenvalue weighted by atomic mass is 10.1. The fraction of sp³-hybridized carbons (Fsp3) is 0.182. The van der Waals surface area contributed by atoms with Gasteiger partial charge in [0, 0.05) is 7.05 Å². The Bertz CT molecular complexity index is 566. The molecule has 1 heterocycles. The summed E-state index contributed by atoms with van der Waals surface area (Å²) >= 11 is 0. The normalized spacial score (nSPS) is 10.6. The third-order valence-corrected chi connectivity index (χ3v) is 2.52. The highest BCUT2D eigenvalue weighted by atomic mass is 19.1. The van der Waals surface area contributed by atoms with Gasteiger partial charge in [-0.15, -0.1) is 0 Å². The molecule has 2 aromatic rings. The molecule has 17 heavy (non-hydrogen) atoms. The van der Waals surface area contributed by atoms with Crippen molar-refractivity contribution in [3.63, 3.8) is 0 Å². The maximum Gasteiger partial charge on any atom is 0.165 e. The van der Waals surface area contributed by atoms with Crippen LogP contribution in [-0.2, 0) is 7.05 Å². The molecule has 2 rings (SSSR count). The Labute approximate surface area is 96.6 Å². The molecule has 1 aromatic heterocycles. The number of ether oxygens (including phenoxy) is 1. The summed E-state index contributed by atoms with van der Waals surface area (Å²) in [5.74, 6) is -1.19. The van der Waals surface area contributed by atoms with Crippen LogP contribution in [0.1, 0.15) is 0 Å². The number of nitrogens with two attached hydrogens (primary N) is 1. The van der Waals surface area contributed by atoms with Crippen LogP contribution in [0.2, 0.25) is 0 Å². The van der Waals surface area contributed by atoms with Crippen LogP contribution in [0.3, 0.4) is 0 Å². The van der Waals surface area contributed by atoms with E-state index in [0.29, 0.717) is 5.56 Å². The Morgan fingerprint density at radius 1 is 1.29 bits per heavy atom. The number of hydrogen-bond donors (Lipinski definition) is 1. The van der Waals surface area contributed by atoms with E-state index in [1.165, 1.54) is 18.0 Å². The van der Waals surface area contributed by atoms with Crippen molar-refractivity contribution in [2.24, 2.45) is 7.05 Å². The van der Waals surface area contributed by atoms with Crippen LogP contribution in [0.15, 0.2) is 18.3 Å². The lowest BCUT2D eigenvalue weighted by Crippen LogP contribution is -2.00. The van der Waals surface area contributed by atoms with E-state index in [-0.39, 0.29) is 17.1 Å². The van der Waals surface area contributed by atoms with Gasteiger partial charge in [-0.25, -0.2) is 8.78 Å². The molecule has 0 amide bonds. The van der Waals surface area contributed by atoms with Gasteiger partial charge in [-0.1, -0.05) is 0 Å². The van der Waals surface area contributed by atoms with Crippen molar-refractivity contribution in [2.75, 3.05) is 12.8 Å². The molecule has 4 nitrogen and oxygen atoms in total. The minimum atomic E-state index is -0.646. The third kappa shape index (κ3) is 1.71. The molecule has 0 aliphatic carbocycles. The average Bonchev–Trinajstić information content (AvgIpc) is 2.63. The molecule has 0 atom stereocenters. The quantitative estimate of drug-likeness (QED) is 0.871. The Morgan fingerprint density at radius 3 is 2.47 bits per heavy atom. The number of nitrogens with zero attached hydrogens (tertiary/aromatic N) is 2. The Kier molecular flexibility index (Phi) is 2.71. The van der Waals surface area contributed by atoms with E-state index >= 15 is 0 Å². The van der Waals surface area contributed by atoms with Crippen LogP contribution in [0.25, 0.3) is 11.1 Å². The first kappa shape index (κ1) is 11.4. The number of rotatable bonds is 2. The second kappa shape index (κ2) is 4.04. The average molecular weight is 239 g/mol. The topological polar surface area (TPSA) is 53.1 Å². The summed E-state index contributed by atoms with van der Waals surface area (Å²) in [5, 5.41) is 3.89. The Balaban J connectivity index is 2.74. The van der Waals surface area contributed by atoms with Crippen LogP contribution in [0.4, 0.5) is 14.6 Å². The van der Waals surface area contributed by atoms with Gasteiger partial charge < -0.3 is 10.5 Å². The SMILES string of the molecule is COc1c(F)ccc(F)c1-c1cnn(C)c1N. The van der Waals surface area contributed by atoms with Crippen molar-refractivity contribution in [3.05, 3.63) is 30.0 Å². The van der Waals surface area contributed by atoms with Gasteiger partial charge in [0.25, 0.3) is 0 Å². The predicted octanol–water partition coefficient (Wildman–Crippen LogP) is 1.96. The van der Waals surface area contributed by atoms with Gasteiger partial charge in [0.1, 0.15) is 11.6 Å². The molecule has 0 spiro atoms. The summed E-state index contributed by atoms with van der Waals surface area (Å²) in [7, 11) is 2.89. The van der Waals surface area contributed by atoms with E-state index in [0.717, 1.165) is 12.1 Å². The van der Waals surface area contributed by atoms with Crippen LogP contribution >= 0.6 is 0 Å². The molecule has 0 aliphatic rings. The zero-order valence-corrected chi connectivity index (χ0v) is 9.37. The number of nitrogen functional groups attached to an aromatic ring is 1. The lowest BCUT2D eigenvalue weighted by molar-refractivity contribution is 0.385. The first-order chi connectivity index (χ1) is 8.06. The van der Waals surface area contributed by atoms with E-state index in [1.807, 2.05) is 0 Å². The van der Waals surface area contributed by atoms with E-state index in [9.17, 15) is 8.78 Å². The maximum atomic E-state index is 13.8. The number of methoxy groups -OCH3 is 1. The molecule has 1 aromatic carbocycles. The molecular formula is C11H11F2N3O. The van der Waals surface area contributed by atoms with Gasteiger partial charge in [0.15, 0.2) is 11.6 Å². The molecule has 0 unspecified atom stereocenters. The van der Waals surface area contributed by atoms with E-state index in [2.05, 4.69) is 5.10 Å². The van der Waals surface area contributed by atoms with Gasteiger partial charge in [0.05, 0.1) is 24.4 Å². The molecule has 0 saturated heterocycles. The molecule has 2 N–H and O–H groups in total. The first-order valence-electron chi connectivity index (χ1n) is 4.86. The monoisotopic (exact) mass is 239 g/mol. The highest BCUT2D eigenvalue weighted by molar-refractivity contribution is 5.78. The minimum absolute atomic E-state index is 0.0156. The Morgan fingerprint density at radius 2 is 1.94 bits per heavy atom. The van der Waals surface area contributed by atoms with E-state index in [1.54, 1.807) is 7.05 Å². The summed E-state index contributed by atoms with van der Waals surface area (Å²) in [6.07, 6.45) is 1.37. The van der Waals surface area contributed by atoms with Crippen LogP contribution in [-0.4, -0.2) is 16.9 Å². The summed E-state index contributed by atoms with van der Waals surface area (Å²) in [6, 6.07) is 2.03. The fourth-order valence-electron chi connectivity index (χ4n) is 1.62. The Hall–Kier alpha value is -2.11. The minimum Gasteiger partial charge on any atom is -0.493 e. The summed E-state index contributed by atoms with van der Waals surface area (Å²) in [5.41, 5.74) is 6.02. The highest BCUT2D eigenvalue weighted by Gasteiger charge is 2.20. The molecule has 6 heteroatoms. The van der Waals surface area contributed by atoms with E-state index < -0.39 is 11.6 Å². The van der Waals surface area contributed by atoms with Gasteiger partial charge in [-0.2, -0.15) is 5.10 Å². The maximum absolute atomic E-state index is 13.8. The molecule has 0 radical (unpaired) electrons. The smallest absolute Gasteiger partial charge is 0.165 e. The molecule has 0 fully saturated rings. The van der Waals surface area contributed by atoms with Gasteiger partial charge in [0.2, 0.25) is 0 Å². The van der Waals surface area contributed by atoms with Crippen molar-refractivity contribution in [3.8, 4) is 16.9 Å². The molecular weight excluding hydrogens is 228 g/mol. The molecule has 0 bridgehead atoms. The summed E-state index contributed by atoms with van der Waals surface area (Å²) in [4.78, 5) is 0. The highest BCUT2D eigenvalue weighted by Crippen LogP contribution is 2.37. The molecule has 90 valence electrons. The molecule has 0 aliphatic heterocycles. The van der Waals surface area contributed by atoms with Gasteiger partial charge >= 0.3 is 0 Å². The predicted molar refractivity (Wildman–Crippen MR) is 59.5 cm³/mol. The van der Waals surface area contributed by atoms with Crippen molar-refractivity contribution >= 4 is 5.82 Å². The number of halogens is 2. The van der Waals surface area contributed by atoms with Crippen LogP contribution in [0, 0.1) is 11.6 Å². The summed E-state index contributed by atoms with van der Waals surface area (Å²) in [6.45, 7) is 0. The number of benzene rings is 1. The number of aryl methyl sites for hydroxylation is 1. The second-order valence-electron chi connectivity index (χ2n) is 3.50. The number of aromatic nitrogens is 2. The lowest BCUT2D eigenvalue weighted by Gasteiger charge is -2.09. The van der Waals surface area contributed by atoms with Crippen LogP contribution in [0.5, 0.6) is 5.75 Å². The van der Waals surface area contributed by atoms with Crippen molar-refractivity contribution in [1.29, 1.82) is 0 Å². The number of hydrogen-bond acceptors (Lipinski definition) is 3. The fourth-order valence-corrected chi connectivity index (χ4v) is 1.62. The third-order valence-electron chi connectivity index (χ3n) is 2.52. The van der Waals surface area contributed by atoms with E-state index in [4.69, 9.17) is 10.5 Å². The van der Waals surface area contributed by atoms with Crippen molar-refractivity contribution in [1.82, 2.24) is 9.78 Å². The summed E-state index contributed by atoms with van der Waals surface area (Å²) < 4.78 is 33.5. The molecule has 0 saturated carbocycles. The number of anilines is 1. The van der Waals surface area contributed by atoms with Gasteiger partial charge in [-0.05, 0) is 12.1 Å². The zero-order valence-electron chi connectivity index (χ0n) is 9.37. The first-order valence-corrected chi connectivity index (χ1v) is 4.86. The van der Waals surface area contributed by atoms with Crippen LogP contribution < -0.4 is 10.5 Å².